The number of halogens is 2. The lowest BCUT2D eigenvalue weighted by Gasteiger charge is -2.44. The van der Waals surface area contributed by atoms with Crippen LogP contribution >= 0.6 is 0 Å². The van der Waals surface area contributed by atoms with Crippen molar-refractivity contribution in [3.63, 3.8) is 0 Å². The summed E-state index contributed by atoms with van der Waals surface area (Å²) in [6.07, 6.45) is 12.6. The fourth-order valence-electron chi connectivity index (χ4n) is 9.49. The van der Waals surface area contributed by atoms with Crippen molar-refractivity contribution in [2.24, 2.45) is 11.8 Å². The Morgan fingerprint density at radius 3 is 2.73 bits per heavy atom. The third-order valence-electron chi connectivity index (χ3n) is 12.7. The van der Waals surface area contributed by atoms with E-state index in [4.69, 9.17) is 25.9 Å². The summed E-state index contributed by atoms with van der Waals surface area (Å²) in [7, 11) is 0. The molecule has 4 aliphatic rings. The van der Waals surface area contributed by atoms with Gasteiger partial charge in [-0.15, -0.1) is 6.42 Å². The number of fused-ring (bicyclic) bond motifs is 2. The van der Waals surface area contributed by atoms with Crippen LogP contribution in [-0.2, 0) is 11.2 Å². The number of ether oxygens (including phenoxy) is 2. The van der Waals surface area contributed by atoms with Gasteiger partial charge in [-0.3, -0.25) is 9.69 Å². The Morgan fingerprint density at radius 1 is 1.21 bits per heavy atom. The van der Waals surface area contributed by atoms with E-state index in [2.05, 4.69) is 41.5 Å². The average Bonchev–Trinajstić information content (AvgIpc) is 3.32. The fraction of sp³-hybridized carbons (Fsp3) is 0.568. The number of aliphatic hydroxyl groups is 1. The molecule has 56 heavy (non-hydrogen) atoms. The van der Waals surface area contributed by atoms with E-state index < -0.39 is 23.1 Å². The van der Waals surface area contributed by atoms with Gasteiger partial charge < -0.3 is 29.9 Å². The lowest BCUT2D eigenvalue weighted by atomic mass is 9.78. The molecule has 2 saturated heterocycles. The smallest absolute Gasteiger partial charge is 0.318 e. The lowest BCUT2D eigenvalue weighted by Crippen LogP contribution is -2.54. The minimum Gasteiger partial charge on any atom is -0.508 e. The monoisotopic (exact) mass is 771 g/mol. The molecule has 7 rings (SSSR count). The molecule has 0 spiro atoms. The van der Waals surface area contributed by atoms with Crippen LogP contribution in [0, 0.1) is 30.0 Å². The van der Waals surface area contributed by atoms with Crippen molar-refractivity contribution in [3.8, 4) is 29.9 Å². The molecule has 1 aliphatic carbocycles. The number of carbonyl (C=O) groups is 1. The zero-order valence-corrected chi connectivity index (χ0v) is 32.8. The molecule has 3 fully saturated rings. The van der Waals surface area contributed by atoms with E-state index in [-0.39, 0.29) is 54.3 Å². The number of alkyl halides is 1. The largest absolute Gasteiger partial charge is 0.508 e. The zero-order chi connectivity index (χ0) is 39.8. The Labute approximate surface area is 328 Å². The van der Waals surface area contributed by atoms with E-state index in [1.54, 1.807) is 18.2 Å². The van der Waals surface area contributed by atoms with E-state index in [1.165, 1.54) is 12.1 Å². The van der Waals surface area contributed by atoms with Crippen molar-refractivity contribution < 1.29 is 33.3 Å². The summed E-state index contributed by atoms with van der Waals surface area (Å²) in [5, 5.41) is 25.5. The number of hydrogen-bond acceptors (Lipinski definition) is 9. The van der Waals surface area contributed by atoms with Gasteiger partial charge in [0.05, 0.1) is 29.0 Å². The van der Waals surface area contributed by atoms with Crippen LogP contribution in [-0.4, -0.2) is 93.7 Å². The van der Waals surface area contributed by atoms with Crippen molar-refractivity contribution in [3.05, 3.63) is 59.6 Å². The molecule has 0 radical (unpaired) electrons. The van der Waals surface area contributed by atoms with Crippen LogP contribution in [0.15, 0.2) is 36.9 Å². The second kappa shape index (κ2) is 16.2. The Hall–Kier alpha value is -4.47. The minimum atomic E-state index is -1.00. The Morgan fingerprint density at radius 2 is 2.00 bits per heavy atom. The summed E-state index contributed by atoms with van der Waals surface area (Å²) in [6.45, 7) is 12.3. The molecular weight excluding hydrogens is 717 g/mol. The summed E-state index contributed by atoms with van der Waals surface area (Å²) in [5.74, 6) is 2.91. The van der Waals surface area contributed by atoms with E-state index in [1.807, 2.05) is 6.92 Å². The van der Waals surface area contributed by atoms with E-state index >= 15 is 8.78 Å². The predicted molar refractivity (Wildman–Crippen MR) is 212 cm³/mol. The standard InChI is InChI=1S/C44H55F2N5O5/c1-6-34-36(46)12-11-29-18-33(52)20-35(39(29)34)30-19-37-40(55-25-30)41(50-17-9-8-10-32(24-50)47-38(53)7-2)49-42(48-37)56-26-44(27(3)4)21-31(45)23-51(44)22-28-13-15-43(5,54)16-14-28/h1,7,11-12,18,20,27-28,30-32,52,54H,2,8-10,13-17,19,21-26H2,3-5H3,(H,47,53)/t28?,30-,31-,32?,43?,44+/m1/s1. The van der Waals surface area contributed by atoms with Crippen molar-refractivity contribution in [1.29, 1.82) is 0 Å². The third-order valence-corrected chi connectivity index (χ3v) is 12.7. The molecular formula is C44H55F2N5O5. The maximum Gasteiger partial charge on any atom is 0.318 e. The number of benzene rings is 2. The maximum atomic E-state index is 15.5. The molecule has 1 amide bonds. The Kier molecular flexibility index (Phi) is 11.5. The Bertz CT molecular complexity index is 1990. The number of amides is 1. The van der Waals surface area contributed by atoms with Gasteiger partial charge in [0.1, 0.15) is 24.3 Å². The first-order valence-corrected chi connectivity index (χ1v) is 20.2. The minimum absolute atomic E-state index is 0.0299. The molecule has 0 bridgehead atoms. The topological polar surface area (TPSA) is 120 Å². The third kappa shape index (κ3) is 8.16. The van der Waals surface area contributed by atoms with Crippen LogP contribution in [0.1, 0.15) is 94.9 Å². The second-order valence-corrected chi connectivity index (χ2v) is 17.1. The summed E-state index contributed by atoms with van der Waals surface area (Å²) >= 11 is 0. The molecule has 12 heteroatoms. The molecule has 1 unspecified atom stereocenters. The van der Waals surface area contributed by atoms with Crippen LogP contribution < -0.4 is 19.7 Å². The number of aromatic hydroxyl groups is 1. The number of phenolic OH excluding ortho intramolecular Hbond substituents is 1. The molecule has 4 heterocycles. The van der Waals surface area contributed by atoms with Gasteiger partial charge in [-0.2, -0.15) is 9.97 Å². The summed E-state index contributed by atoms with van der Waals surface area (Å²) in [4.78, 5) is 26.7. The molecule has 3 N–H and O–H groups in total. The summed E-state index contributed by atoms with van der Waals surface area (Å²) < 4.78 is 43.7. The van der Waals surface area contributed by atoms with Crippen molar-refractivity contribution in [2.45, 2.75) is 108 Å². The molecule has 2 aromatic carbocycles. The highest BCUT2D eigenvalue weighted by Gasteiger charge is 2.50. The van der Waals surface area contributed by atoms with E-state index in [0.717, 1.165) is 51.5 Å². The first-order valence-electron chi connectivity index (χ1n) is 20.2. The maximum absolute atomic E-state index is 15.5. The second-order valence-electron chi connectivity index (χ2n) is 17.1. The molecule has 10 nitrogen and oxygen atoms in total. The van der Waals surface area contributed by atoms with Crippen LogP contribution in [0.3, 0.4) is 0 Å². The van der Waals surface area contributed by atoms with Gasteiger partial charge in [0.15, 0.2) is 11.6 Å². The number of hydrogen-bond donors (Lipinski definition) is 3. The van der Waals surface area contributed by atoms with Crippen LogP contribution in [0.2, 0.25) is 0 Å². The average molecular weight is 772 g/mol. The van der Waals surface area contributed by atoms with Crippen LogP contribution in [0.5, 0.6) is 17.5 Å². The fourth-order valence-corrected chi connectivity index (χ4v) is 9.49. The number of rotatable bonds is 10. The Balaban J connectivity index is 1.24. The van der Waals surface area contributed by atoms with E-state index in [9.17, 15) is 15.0 Å². The molecule has 3 aliphatic heterocycles. The number of terminal acetylenes is 1. The highest BCUT2D eigenvalue weighted by molar-refractivity contribution is 5.93. The van der Waals surface area contributed by atoms with Crippen LogP contribution in [0.4, 0.5) is 14.6 Å². The number of carbonyl (C=O) groups excluding carboxylic acids is 1. The van der Waals surface area contributed by atoms with E-state index in [0.29, 0.717) is 72.0 Å². The molecule has 3 aromatic rings. The summed E-state index contributed by atoms with van der Waals surface area (Å²) in [5.41, 5.74) is 0.118. The SMILES string of the molecule is C#Cc1c(F)ccc2cc(O)cc([C@H]3COc4c(nc(OC[C@]5(C(C)C)C[C@@H](F)CN5CC5CCC(C)(O)CC5)nc4N4CCCCC(NC(=O)C=C)C4)C3)c12. The first kappa shape index (κ1) is 39.8. The number of phenols is 1. The van der Waals surface area contributed by atoms with Gasteiger partial charge >= 0.3 is 6.01 Å². The van der Waals surface area contributed by atoms with Gasteiger partial charge in [-0.05, 0) is 98.9 Å². The van der Waals surface area contributed by atoms with Crippen molar-refractivity contribution in [1.82, 2.24) is 20.2 Å². The molecule has 300 valence electrons. The zero-order valence-electron chi connectivity index (χ0n) is 32.8. The quantitative estimate of drug-likeness (QED) is 0.155. The number of aromatic nitrogens is 2. The number of nitrogens with one attached hydrogen (secondary N) is 1. The normalized spacial score (nSPS) is 28.3. The first-order chi connectivity index (χ1) is 26.8. The van der Waals surface area contributed by atoms with Crippen molar-refractivity contribution in [2.75, 3.05) is 44.3 Å². The van der Waals surface area contributed by atoms with Gasteiger partial charge in [-0.1, -0.05) is 32.4 Å². The molecule has 4 atom stereocenters. The lowest BCUT2D eigenvalue weighted by molar-refractivity contribution is -0.117. The van der Waals surface area contributed by atoms with Gasteiger partial charge in [-0.25, -0.2) is 8.78 Å². The number of nitrogens with zero attached hydrogens (tertiary/aromatic N) is 4. The highest BCUT2D eigenvalue weighted by atomic mass is 19.1. The van der Waals surface area contributed by atoms with Gasteiger partial charge in [0.2, 0.25) is 5.91 Å². The molecule has 1 aromatic heterocycles. The predicted octanol–water partition coefficient (Wildman–Crippen LogP) is 6.59. The molecule has 1 saturated carbocycles. The van der Waals surface area contributed by atoms with Gasteiger partial charge in [0.25, 0.3) is 0 Å². The van der Waals surface area contributed by atoms with Gasteiger partial charge in [0, 0.05) is 56.4 Å². The van der Waals surface area contributed by atoms with Crippen LogP contribution in [0.25, 0.3) is 10.8 Å². The van der Waals surface area contributed by atoms with Crippen molar-refractivity contribution >= 4 is 22.5 Å². The highest BCUT2D eigenvalue weighted by Crippen LogP contribution is 2.44. The summed E-state index contributed by atoms with van der Waals surface area (Å²) in [6, 6.07) is 6.10. The number of anilines is 1. The number of likely N-dealkylation sites (tertiary alicyclic amines) is 1.